The number of Topliss-reactive ketones (excluding diaryl/α,β-unsaturated/α-hetero) is 1. The van der Waals surface area contributed by atoms with Gasteiger partial charge < -0.3 is 0 Å². The van der Waals surface area contributed by atoms with E-state index in [2.05, 4.69) is 5.10 Å². The van der Waals surface area contributed by atoms with E-state index in [1.165, 1.54) is 12.1 Å². The minimum Gasteiger partial charge on any atom is -0.292 e. The number of aromatic nitrogens is 2. The van der Waals surface area contributed by atoms with Crippen LogP contribution < -0.4 is 0 Å². The summed E-state index contributed by atoms with van der Waals surface area (Å²) >= 11 is 5.89. The van der Waals surface area contributed by atoms with Gasteiger partial charge in [-0.15, -0.1) is 0 Å². The second-order valence-electron chi connectivity index (χ2n) is 3.83. The van der Waals surface area contributed by atoms with Crippen molar-refractivity contribution in [2.75, 3.05) is 0 Å². The highest BCUT2D eigenvalue weighted by molar-refractivity contribution is 6.31. The zero-order valence-electron chi connectivity index (χ0n) is 9.86. The van der Waals surface area contributed by atoms with E-state index in [1.54, 1.807) is 23.0 Å². The van der Waals surface area contributed by atoms with Crippen molar-refractivity contribution in [2.24, 2.45) is 0 Å². The van der Waals surface area contributed by atoms with Crippen molar-refractivity contribution in [3.63, 3.8) is 0 Å². The molecule has 1 heterocycles. The number of ketones is 1. The monoisotopic (exact) mass is 266 g/mol. The SMILES string of the molecule is CCn1nccc1C(=O)Cc1c(F)cccc1Cl. The van der Waals surface area contributed by atoms with Crippen molar-refractivity contribution < 1.29 is 9.18 Å². The van der Waals surface area contributed by atoms with Crippen LogP contribution in [-0.2, 0) is 13.0 Å². The molecule has 0 radical (unpaired) electrons. The number of halogens is 2. The topological polar surface area (TPSA) is 34.9 Å². The van der Waals surface area contributed by atoms with Gasteiger partial charge in [0.2, 0.25) is 0 Å². The first-order valence-electron chi connectivity index (χ1n) is 5.61. The van der Waals surface area contributed by atoms with Crippen molar-refractivity contribution in [2.45, 2.75) is 19.9 Å². The van der Waals surface area contributed by atoms with E-state index in [0.717, 1.165) is 0 Å². The lowest BCUT2D eigenvalue weighted by atomic mass is 10.1. The highest BCUT2D eigenvalue weighted by atomic mass is 35.5. The van der Waals surface area contributed by atoms with Gasteiger partial charge in [-0.25, -0.2) is 4.39 Å². The van der Waals surface area contributed by atoms with Crippen molar-refractivity contribution >= 4 is 17.4 Å². The van der Waals surface area contributed by atoms with Gasteiger partial charge in [0.25, 0.3) is 0 Å². The van der Waals surface area contributed by atoms with E-state index < -0.39 is 5.82 Å². The Labute approximate surface area is 109 Å². The van der Waals surface area contributed by atoms with Crippen LogP contribution in [0.1, 0.15) is 23.0 Å². The average molecular weight is 267 g/mol. The van der Waals surface area contributed by atoms with E-state index in [0.29, 0.717) is 12.2 Å². The minimum atomic E-state index is -0.460. The molecule has 0 saturated carbocycles. The normalized spacial score (nSPS) is 10.6. The number of hydrogen-bond donors (Lipinski definition) is 0. The first-order chi connectivity index (χ1) is 8.63. The number of benzene rings is 1. The van der Waals surface area contributed by atoms with Gasteiger partial charge in [0, 0.05) is 29.7 Å². The summed E-state index contributed by atoms with van der Waals surface area (Å²) in [5, 5.41) is 4.28. The highest BCUT2D eigenvalue weighted by Crippen LogP contribution is 2.20. The Morgan fingerprint density at radius 3 is 2.89 bits per heavy atom. The predicted molar refractivity (Wildman–Crippen MR) is 67.3 cm³/mol. The largest absolute Gasteiger partial charge is 0.292 e. The lowest BCUT2D eigenvalue weighted by Gasteiger charge is -2.06. The number of carbonyl (C=O) groups is 1. The molecule has 0 amide bonds. The maximum atomic E-state index is 13.6. The molecule has 5 heteroatoms. The molecule has 2 rings (SSSR count). The molecule has 0 aliphatic rings. The molecule has 1 aromatic carbocycles. The molecule has 0 saturated heterocycles. The smallest absolute Gasteiger partial charge is 0.185 e. The van der Waals surface area contributed by atoms with E-state index in [-0.39, 0.29) is 22.8 Å². The van der Waals surface area contributed by atoms with Crippen LogP contribution in [0.2, 0.25) is 5.02 Å². The van der Waals surface area contributed by atoms with Crippen LogP contribution in [-0.4, -0.2) is 15.6 Å². The van der Waals surface area contributed by atoms with Crippen molar-refractivity contribution in [3.05, 3.63) is 52.6 Å². The summed E-state index contributed by atoms with van der Waals surface area (Å²) in [7, 11) is 0. The highest BCUT2D eigenvalue weighted by Gasteiger charge is 2.16. The Morgan fingerprint density at radius 2 is 2.22 bits per heavy atom. The van der Waals surface area contributed by atoms with Crippen LogP contribution in [0.5, 0.6) is 0 Å². The summed E-state index contributed by atoms with van der Waals surface area (Å²) in [5.41, 5.74) is 0.699. The molecule has 0 atom stereocenters. The van der Waals surface area contributed by atoms with Crippen molar-refractivity contribution in [3.8, 4) is 0 Å². The van der Waals surface area contributed by atoms with Crippen LogP contribution in [0.15, 0.2) is 30.5 Å². The second kappa shape index (κ2) is 5.31. The molecule has 1 aromatic heterocycles. The molecule has 0 aliphatic heterocycles. The van der Waals surface area contributed by atoms with E-state index in [1.807, 2.05) is 6.92 Å². The molecule has 0 N–H and O–H groups in total. The number of hydrogen-bond acceptors (Lipinski definition) is 2. The summed E-state index contributed by atoms with van der Waals surface area (Å²) < 4.78 is 15.2. The molecule has 18 heavy (non-hydrogen) atoms. The minimum absolute atomic E-state index is 0.0583. The van der Waals surface area contributed by atoms with E-state index >= 15 is 0 Å². The molecule has 3 nitrogen and oxygen atoms in total. The third kappa shape index (κ3) is 2.43. The molecule has 0 spiro atoms. The summed E-state index contributed by atoms with van der Waals surface area (Å²) in [6, 6.07) is 6.01. The third-order valence-corrected chi connectivity index (χ3v) is 3.05. The van der Waals surface area contributed by atoms with E-state index in [4.69, 9.17) is 11.6 Å². The van der Waals surface area contributed by atoms with Gasteiger partial charge in [0.1, 0.15) is 11.5 Å². The Bertz CT molecular complexity index is 560. The van der Waals surface area contributed by atoms with Crippen LogP contribution >= 0.6 is 11.6 Å². The van der Waals surface area contributed by atoms with Gasteiger partial charge >= 0.3 is 0 Å². The fourth-order valence-electron chi connectivity index (χ4n) is 1.77. The first-order valence-corrected chi connectivity index (χ1v) is 5.99. The molecular weight excluding hydrogens is 255 g/mol. The fraction of sp³-hybridized carbons (Fsp3) is 0.231. The van der Waals surface area contributed by atoms with Crippen LogP contribution in [0.25, 0.3) is 0 Å². The van der Waals surface area contributed by atoms with E-state index in [9.17, 15) is 9.18 Å². The Balaban J connectivity index is 2.27. The standard InChI is InChI=1S/C13H12ClFN2O/c1-2-17-12(6-7-16-17)13(18)8-9-10(14)4-3-5-11(9)15/h3-7H,2,8H2,1H3. The summed E-state index contributed by atoms with van der Waals surface area (Å²) in [4.78, 5) is 12.1. The maximum Gasteiger partial charge on any atom is 0.185 e. The molecule has 94 valence electrons. The molecule has 0 unspecified atom stereocenters. The van der Waals surface area contributed by atoms with Gasteiger partial charge in [-0.1, -0.05) is 17.7 Å². The summed E-state index contributed by atoms with van der Waals surface area (Å²) in [5.74, 6) is -0.653. The number of rotatable bonds is 4. The predicted octanol–water partition coefficient (Wildman–Crippen LogP) is 3.12. The van der Waals surface area contributed by atoms with Crippen molar-refractivity contribution in [1.82, 2.24) is 9.78 Å². The third-order valence-electron chi connectivity index (χ3n) is 2.70. The lowest BCUT2D eigenvalue weighted by molar-refractivity contribution is 0.0981. The van der Waals surface area contributed by atoms with Gasteiger partial charge in [-0.2, -0.15) is 5.10 Å². The zero-order valence-corrected chi connectivity index (χ0v) is 10.6. The fourth-order valence-corrected chi connectivity index (χ4v) is 2.00. The average Bonchev–Trinajstić information content (AvgIpc) is 2.82. The van der Waals surface area contributed by atoms with Crippen LogP contribution in [0.4, 0.5) is 4.39 Å². The maximum absolute atomic E-state index is 13.6. The first kappa shape index (κ1) is 12.8. The second-order valence-corrected chi connectivity index (χ2v) is 4.24. The number of nitrogens with zero attached hydrogens (tertiary/aromatic N) is 2. The Kier molecular flexibility index (Phi) is 3.77. The number of carbonyl (C=O) groups excluding carboxylic acids is 1. The number of aryl methyl sites for hydroxylation is 1. The quantitative estimate of drug-likeness (QED) is 0.797. The van der Waals surface area contributed by atoms with Crippen molar-refractivity contribution in [1.29, 1.82) is 0 Å². The molecular formula is C13H12ClFN2O. The molecule has 0 bridgehead atoms. The van der Waals surface area contributed by atoms with Crippen LogP contribution in [0, 0.1) is 5.82 Å². The Morgan fingerprint density at radius 1 is 1.44 bits per heavy atom. The van der Waals surface area contributed by atoms with Gasteiger partial charge in [0.05, 0.1) is 0 Å². The summed E-state index contributed by atoms with van der Waals surface area (Å²) in [6.45, 7) is 2.49. The van der Waals surface area contributed by atoms with Gasteiger partial charge in [-0.3, -0.25) is 9.48 Å². The Hall–Kier alpha value is -1.68. The van der Waals surface area contributed by atoms with Gasteiger partial charge in [0.15, 0.2) is 5.78 Å². The van der Waals surface area contributed by atoms with Crippen LogP contribution in [0.3, 0.4) is 0 Å². The summed E-state index contributed by atoms with van der Waals surface area (Å²) in [6.07, 6.45) is 1.50. The molecule has 0 aliphatic carbocycles. The zero-order chi connectivity index (χ0) is 13.1. The van der Waals surface area contributed by atoms with Gasteiger partial charge in [-0.05, 0) is 25.1 Å². The lowest BCUT2D eigenvalue weighted by Crippen LogP contribution is -2.12. The molecule has 0 fully saturated rings. The molecule has 2 aromatic rings.